The average molecular weight is 433 g/mol. The number of benzene rings is 2. The Bertz CT molecular complexity index is 947. The second-order valence-electron chi connectivity index (χ2n) is 9.47. The van der Waals surface area contributed by atoms with Gasteiger partial charge in [-0.2, -0.15) is 13.2 Å². The van der Waals surface area contributed by atoms with Gasteiger partial charge in [0.25, 0.3) is 0 Å². The Balaban J connectivity index is 1.43. The van der Waals surface area contributed by atoms with Crippen LogP contribution in [-0.4, -0.2) is 43.0 Å². The summed E-state index contributed by atoms with van der Waals surface area (Å²) in [5, 5.41) is 11.0. The molecule has 1 saturated heterocycles. The van der Waals surface area contributed by atoms with Crippen molar-refractivity contribution in [3.8, 4) is 5.75 Å². The normalized spacial score (nSPS) is 27.9. The molecule has 1 aliphatic carbocycles. The van der Waals surface area contributed by atoms with E-state index >= 15 is 0 Å². The topological polar surface area (TPSA) is 36.3 Å². The molecule has 168 valence electrons. The number of piperidine rings is 1. The van der Waals surface area contributed by atoms with Gasteiger partial charge in [0.05, 0.1) is 12.5 Å². The Hall–Kier alpha value is -2.08. The molecule has 0 bridgehead atoms. The van der Waals surface area contributed by atoms with Gasteiger partial charge in [-0.05, 0) is 79.6 Å². The average Bonchev–Trinajstić information content (AvgIpc) is 2.77. The van der Waals surface area contributed by atoms with Crippen LogP contribution in [0.1, 0.15) is 51.0 Å². The summed E-state index contributed by atoms with van der Waals surface area (Å²) in [6.45, 7) is 3.06. The van der Waals surface area contributed by atoms with Crippen LogP contribution in [0.2, 0.25) is 0 Å². The Morgan fingerprint density at radius 2 is 1.74 bits per heavy atom. The molecule has 31 heavy (non-hydrogen) atoms. The Morgan fingerprint density at radius 3 is 2.42 bits per heavy atom. The fourth-order valence-corrected chi connectivity index (χ4v) is 5.22. The van der Waals surface area contributed by atoms with Crippen LogP contribution in [0.4, 0.5) is 13.2 Å². The largest absolute Gasteiger partial charge is 0.497 e. The molecule has 2 aromatic carbocycles. The molecule has 0 amide bonds. The minimum Gasteiger partial charge on any atom is -0.497 e. The summed E-state index contributed by atoms with van der Waals surface area (Å²) in [5.41, 5.74) is 0.0234. The van der Waals surface area contributed by atoms with Gasteiger partial charge in [-0.3, -0.25) is 4.90 Å². The Morgan fingerprint density at radius 1 is 1.06 bits per heavy atom. The zero-order valence-electron chi connectivity index (χ0n) is 18.3. The third kappa shape index (κ3) is 4.45. The van der Waals surface area contributed by atoms with Crippen LogP contribution >= 0.6 is 0 Å². The van der Waals surface area contributed by atoms with Crippen molar-refractivity contribution in [2.24, 2.45) is 11.3 Å². The molecule has 1 unspecified atom stereocenters. The summed E-state index contributed by atoms with van der Waals surface area (Å²) in [6, 6.07) is 12.2. The number of methoxy groups -OCH3 is 1. The number of nitrogens with zero attached hydrogens (tertiary/aromatic N) is 1. The molecule has 1 saturated carbocycles. The monoisotopic (exact) mass is 432 g/mol. The van der Waals surface area contributed by atoms with Gasteiger partial charge in [-0.1, -0.05) is 25.1 Å². The van der Waals surface area contributed by atoms with Crippen LogP contribution in [0, 0.1) is 16.7 Å². The molecular formula is C25H31F3N2O. The molecule has 2 aliphatic rings. The molecule has 4 rings (SSSR count). The number of ether oxygens (including phenoxy) is 1. The van der Waals surface area contributed by atoms with Crippen molar-refractivity contribution in [1.29, 1.82) is 5.41 Å². The van der Waals surface area contributed by atoms with Crippen molar-refractivity contribution < 1.29 is 17.9 Å². The number of likely N-dealkylation sites (tertiary alicyclic amines) is 1. The van der Waals surface area contributed by atoms with E-state index in [-0.39, 0.29) is 24.8 Å². The van der Waals surface area contributed by atoms with Crippen molar-refractivity contribution in [3.63, 3.8) is 0 Å². The highest BCUT2D eigenvalue weighted by Gasteiger charge is 2.52. The van der Waals surface area contributed by atoms with E-state index in [4.69, 9.17) is 10.1 Å². The van der Waals surface area contributed by atoms with Crippen molar-refractivity contribution in [1.82, 2.24) is 4.90 Å². The lowest BCUT2D eigenvalue weighted by atomic mass is 9.72. The van der Waals surface area contributed by atoms with E-state index < -0.39 is 11.6 Å². The van der Waals surface area contributed by atoms with Crippen LogP contribution in [0.3, 0.4) is 0 Å². The van der Waals surface area contributed by atoms with Gasteiger partial charge in [0.2, 0.25) is 0 Å². The van der Waals surface area contributed by atoms with E-state index in [1.807, 2.05) is 30.3 Å². The fourth-order valence-electron chi connectivity index (χ4n) is 5.22. The van der Waals surface area contributed by atoms with Crippen LogP contribution in [-0.2, 0) is 0 Å². The van der Waals surface area contributed by atoms with E-state index in [0.717, 1.165) is 48.0 Å². The second kappa shape index (κ2) is 8.45. The van der Waals surface area contributed by atoms with E-state index in [1.165, 1.54) is 6.92 Å². The third-order valence-electron chi connectivity index (χ3n) is 7.48. The van der Waals surface area contributed by atoms with Gasteiger partial charge < -0.3 is 10.1 Å². The summed E-state index contributed by atoms with van der Waals surface area (Å²) in [6.07, 6.45) is -0.581. The summed E-state index contributed by atoms with van der Waals surface area (Å²) in [4.78, 5) is 2.35. The number of nitrogens with one attached hydrogen (secondary N) is 1. The van der Waals surface area contributed by atoms with E-state index in [2.05, 4.69) is 11.0 Å². The molecule has 0 spiro atoms. The summed E-state index contributed by atoms with van der Waals surface area (Å²) in [7, 11) is 1.65. The Labute approximate surface area is 182 Å². The third-order valence-corrected chi connectivity index (χ3v) is 7.48. The molecule has 1 aliphatic heterocycles. The van der Waals surface area contributed by atoms with Gasteiger partial charge in [0.15, 0.2) is 0 Å². The summed E-state index contributed by atoms with van der Waals surface area (Å²) >= 11 is 0. The minimum atomic E-state index is -4.12. The van der Waals surface area contributed by atoms with Crippen LogP contribution in [0.5, 0.6) is 5.75 Å². The van der Waals surface area contributed by atoms with Gasteiger partial charge in [-0.15, -0.1) is 0 Å². The summed E-state index contributed by atoms with van der Waals surface area (Å²) in [5.74, 6) is 0.938. The second-order valence-corrected chi connectivity index (χ2v) is 9.47. The molecule has 2 aromatic rings. The highest BCUT2D eigenvalue weighted by molar-refractivity contribution is 6.03. The highest BCUT2D eigenvalue weighted by atomic mass is 19.4. The quantitative estimate of drug-likeness (QED) is 0.565. The van der Waals surface area contributed by atoms with Crippen molar-refractivity contribution in [2.45, 2.75) is 57.7 Å². The maximum Gasteiger partial charge on any atom is 0.394 e. The lowest BCUT2D eigenvalue weighted by Crippen LogP contribution is -2.49. The SMILES string of the molecule is COc1ccc2cc(C(=N)C3CCCN(C4CCC(C)(C(F)(F)F)CC4)C3)ccc2c1. The highest BCUT2D eigenvalue weighted by Crippen LogP contribution is 2.49. The van der Waals surface area contributed by atoms with Crippen LogP contribution in [0.15, 0.2) is 36.4 Å². The molecule has 0 aromatic heterocycles. The lowest BCUT2D eigenvalue weighted by molar-refractivity contribution is -0.230. The Kier molecular flexibility index (Phi) is 6.03. The van der Waals surface area contributed by atoms with Crippen molar-refractivity contribution in [2.75, 3.05) is 20.2 Å². The molecule has 6 heteroatoms. The smallest absolute Gasteiger partial charge is 0.394 e. The standard InChI is InChI=1S/C25H31F3N2O/c1-24(25(26,27)28)11-9-21(10-12-24)30-13-3-4-20(16-30)23(29)19-6-5-18-15-22(31-2)8-7-17(18)14-19/h5-8,14-15,20-21,29H,3-4,9-13,16H2,1-2H3. The van der Waals surface area contributed by atoms with E-state index in [1.54, 1.807) is 7.11 Å². The van der Waals surface area contributed by atoms with Crippen molar-refractivity contribution in [3.05, 3.63) is 42.0 Å². The predicted octanol–water partition coefficient (Wildman–Crippen LogP) is 6.44. The minimum absolute atomic E-state index is 0.125. The molecular weight excluding hydrogens is 401 g/mol. The van der Waals surface area contributed by atoms with E-state index in [9.17, 15) is 13.2 Å². The zero-order valence-corrected chi connectivity index (χ0v) is 18.3. The molecule has 0 radical (unpaired) electrons. The first-order valence-electron chi connectivity index (χ1n) is 11.2. The lowest BCUT2D eigenvalue weighted by Gasteiger charge is -2.45. The van der Waals surface area contributed by atoms with Gasteiger partial charge in [-0.25, -0.2) is 0 Å². The molecule has 1 heterocycles. The summed E-state index contributed by atoms with van der Waals surface area (Å²) < 4.78 is 45.4. The molecule has 3 nitrogen and oxygen atoms in total. The van der Waals surface area contributed by atoms with Gasteiger partial charge in [0, 0.05) is 24.2 Å². The van der Waals surface area contributed by atoms with Gasteiger partial charge in [0.1, 0.15) is 5.75 Å². The first-order valence-corrected chi connectivity index (χ1v) is 11.2. The number of fused-ring (bicyclic) bond motifs is 1. The maximum absolute atomic E-state index is 13.4. The number of hydrogen-bond acceptors (Lipinski definition) is 3. The number of halogens is 3. The predicted molar refractivity (Wildman–Crippen MR) is 118 cm³/mol. The molecule has 1 N–H and O–H groups in total. The number of hydrogen-bond donors (Lipinski definition) is 1. The first-order chi connectivity index (χ1) is 14.7. The first kappa shape index (κ1) is 22.1. The van der Waals surface area contributed by atoms with Crippen LogP contribution < -0.4 is 4.74 Å². The number of rotatable bonds is 4. The van der Waals surface area contributed by atoms with E-state index in [0.29, 0.717) is 18.6 Å². The van der Waals surface area contributed by atoms with Crippen LogP contribution in [0.25, 0.3) is 10.8 Å². The maximum atomic E-state index is 13.4. The van der Waals surface area contributed by atoms with Gasteiger partial charge >= 0.3 is 6.18 Å². The zero-order chi connectivity index (χ0) is 22.2. The molecule has 1 atom stereocenters. The number of alkyl halides is 3. The fraction of sp³-hybridized carbons (Fsp3) is 0.560. The van der Waals surface area contributed by atoms with Crippen molar-refractivity contribution >= 4 is 16.5 Å². The molecule has 2 fully saturated rings.